The number of hydrogen-bond donors (Lipinski definition) is 2. The molecule has 1 amide bonds. The summed E-state index contributed by atoms with van der Waals surface area (Å²) < 4.78 is 11.4. The van der Waals surface area contributed by atoms with Crippen molar-refractivity contribution in [1.29, 1.82) is 0 Å². The zero-order valence-electron chi connectivity index (χ0n) is 18.7. The lowest BCUT2D eigenvalue weighted by atomic mass is 10.1. The smallest absolute Gasteiger partial charge is 0.293 e. The predicted molar refractivity (Wildman–Crippen MR) is 127 cm³/mol. The number of anilines is 1. The molecule has 0 fully saturated rings. The van der Waals surface area contributed by atoms with Crippen molar-refractivity contribution in [2.45, 2.75) is 24.5 Å². The molecule has 2 aromatic carbocycles. The molecule has 2 aromatic heterocycles. The Morgan fingerprint density at radius 2 is 1.97 bits per heavy atom. The second-order valence-electron chi connectivity index (χ2n) is 7.21. The van der Waals surface area contributed by atoms with Crippen LogP contribution >= 0.6 is 11.8 Å². The molecule has 0 aliphatic carbocycles. The largest absolute Gasteiger partial charge is 0.496 e. The van der Waals surface area contributed by atoms with Crippen LogP contribution in [0.2, 0.25) is 0 Å². The van der Waals surface area contributed by atoms with Gasteiger partial charge in [-0.15, -0.1) is 16.9 Å². The Balaban J connectivity index is 1.61. The molecule has 0 aliphatic rings. The molecule has 0 bridgehead atoms. The number of hydrazone groups is 1. The Bertz CT molecular complexity index is 1330. The molecule has 0 saturated carbocycles. The van der Waals surface area contributed by atoms with Crippen LogP contribution < -0.4 is 15.9 Å². The first-order valence-corrected chi connectivity index (χ1v) is 11.2. The van der Waals surface area contributed by atoms with Crippen LogP contribution in [-0.2, 0) is 5.75 Å². The number of methoxy groups -OCH3 is 1. The van der Waals surface area contributed by atoms with Gasteiger partial charge in [-0.3, -0.25) is 4.79 Å². The molecule has 174 valence electrons. The average Bonchev–Trinajstić information content (AvgIpc) is 3.47. The first-order chi connectivity index (χ1) is 16.5. The molecular weight excluding hydrogens is 456 g/mol. The molecule has 0 spiro atoms. The van der Waals surface area contributed by atoms with E-state index in [0.717, 1.165) is 16.0 Å². The summed E-state index contributed by atoms with van der Waals surface area (Å²) in [7, 11) is 1.57. The molecule has 0 unspecified atom stereocenters. The van der Waals surface area contributed by atoms with Gasteiger partial charge in [0.2, 0.25) is 11.6 Å². The third-order valence-corrected chi connectivity index (χ3v) is 5.92. The Labute approximate surface area is 199 Å². The number of aryl methyl sites for hydroxylation is 1. The third-order valence-electron chi connectivity index (χ3n) is 4.89. The summed E-state index contributed by atoms with van der Waals surface area (Å²) in [6, 6.07) is 15.4. The van der Waals surface area contributed by atoms with Gasteiger partial charge in [-0.05, 0) is 48.4 Å². The molecule has 0 atom stereocenters. The summed E-state index contributed by atoms with van der Waals surface area (Å²) in [4.78, 5) is 14.0. The fourth-order valence-electron chi connectivity index (χ4n) is 3.09. The highest BCUT2D eigenvalue weighted by molar-refractivity contribution is 7.98. The number of nitrogens with zero attached hydrogens (tertiary/aromatic N) is 6. The zero-order valence-corrected chi connectivity index (χ0v) is 19.5. The molecule has 3 N–H and O–H groups in total. The van der Waals surface area contributed by atoms with Crippen LogP contribution in [0.1, 0.15) is 34.2 Å². The van der Waals surface area contributed by atoms with E-state index in [-0.39, 0.29) is 17.3 Å². The zero-order chi connectivity index (χ0) is 24.1. The van der Waals surface area contributed by atoms with E-state index in [1.165, 1.54) is 16.4 Å². The van der Waals surface area contributed by atoms with Crippen molar-refractivity contribution < 1.29 is 14.2 Å². The van der Waals surface area contributed by atoms with Crippen molar-refractivity contribution in [2.24, 2.45) is 5.10 Å². The fraction of sp³-hybridized carbons (Fsp3) is 0.182. The number of para-hydroxylation sites is 1. The van der Waals surface area contributed by atoms with Crippen LogP contribution in [0.25, 0.3) is 5.82 Å². The maximum absolute atomic E-state index is 13.0. The van der Waals surface area contributed by atoms with E-state index < -0.39 is 5.91 Å². The van der Waals surface area contributed by atoms with E-state index >= 15 is 0 Å². The highest BCUT2D eigenvalue weighted by Gasteiger charge is 2.24. The summed E-state index contributed by atoms with van der Waals surface area (Å²) in [5, 5.41) is 19.7. The van der Waals surface area contributed by atoms with Crippen LogP contribution in [0, 0.1) is 6.92 Å². The van der Waals surface area contributed by atoms with Gasteiger partial charge in [-0.1, -0.05) is 35.0 Å². The number of hydrogen-bond acceptors (Lipinski definition) is 10. The minimum Gasteiger partial charge on any atom is -0.496 e. The highest BCUT2D eigenvalue weighted by atomic mass is 32.2. The molecule has 0 saturated heterocycles. The minimum atomic E-state index is -0.532. The van der Waals surface area contributed by atoms with Crippen LogP contribution in [-0.4, -0.2) is 44.0 Å². The second-order valence-corrected chi connectivity index (χ2v) is 8.26. The van der Waals surface area contributed by atoms with Gasteiger partial charge in [0, 0.05) is 16.2 Å². The Hall–Kier alpha value is -4.19. The van der Waals surface area contributed by atoms with Crippen LogP contribution in [0.5, 0.6) is 5.75 Å². The lowest BCUT2D eigenvalue weighted by molar-refractivity contribution is 0.0949. The van der Waals surface area contributed by atoms with Gasteiger partial charge in [0.15, 0.2) is 5.69 Å². The topological polar surface area (TPSA) is 146 Å². The van der Waals surface area contributed by atoms with Gasteiger partial charge in [-0.25, -0.2) is 10.1 Å². The monoisotopic (exact) mass is 478 g/mol. The number of carbonyl (C=O) groups excluding carboxylic acids is 1. The SMILES string of the molecule is COc1ccccc1/C(C)=N/NC(=O)c1nnn(-c2nonc2N)c1CSc1ccc(C)cc1. The van der Waals surface area contributed by atoms with Crippen molar-refractivity contribution in [3.05, 3.63) is 71.0 Å². The molecule has 12 heteroatoms. The highest BCUT2D eigenvalue weighted by Crippen LogP contribution is 2.26. The molecule has 0 radical (unpaired) electrons. The van der Waals surface area contributed by atoms with Gasteiger partial charge in [0.05, 0.1) is 18.5 Å². The van der Waals surface area contributed by atoms with Crippen molar-refractivity contribution in [3.63, 3.8) is 0 Å². The summed E-state index contributed by atoms with van der Waals surface area (Å²) in [5.74, 6) is 0.659. The molecule has 11 nitrogen and oxygen atoms in total. The van der Waals surface area contributed by atoms with E-state index in [1.54, 1.807) is 14.0 Å². The second kappa shape index (κ2) is 10.2. The number of nitrogens with two attached hydrogens (primary N) is 1. The fourth-order valence-corrected chi connectivity index (χ4v) is 3.98. The van der Waals surface area contributed by atoms with Crippen molar-refractivity contribution in [3.8, 4) is 11.6 Å². The standard InChI is InChI=1S/C22H22N8O3S/c1-13-8-10-15(11-9-13)34-12-17-19(25-29-30(17)21-20(23)27-33-28-21)22(31)26-24-14(2)16-6-4-5-7-18(16)32-3/h4-11H,12H2,1-3H3,(H2,23,27)(H,26,31)/b24-14+. The number of amides is 1. The molecule has 34 heavy (non-hydrogen) atoms. The van der Waals surface area contributed by atoms with Gasteiger partial charge in [-0.2, -0.15) is 9.78 Å². The quantitative estimate of drug-likeness (QED) is 0.222. The van der Waals surface area contributed by atoms with Crippen LogP contribution in [0.15, 0.2) is 63.2 Å². The molecule has 4 rings (SSSR count). The number of rotatable bonds is 8. The number of nitrogens with one attached hydrogen (secondary N) is 1. The molecule has 2 heterocycles. The van der Waals surface area contributed by atoms with E-state index in [1.807, 2.05) is 55.5 Å². The Morgan fingerprint density at radius 3 is 2.68 bits per heavy atom. The van der Waals surface area contributed by atoms with Gasteiger partial charge in [0.25, 0.3) is 5.91 Å². The van der Waals surface area contributed by atoms with Crippen molar-refractivity contribution in [1.82, 2.24) is 30.7 Å². The maximum Gasteiger partial charge on any atom is 0.293 e. The summed E-state index contributed by atoms with van der Waals surface area (Å²) in [6.45, 7) is 3.79. The van der Waals surface area contributed by atoms with Gasteiger partial charge < -0.3 is 10.5 Å². The maximum atomic E-state index is 13.0. The molecular formula is C22H22N8O3S. The van der Waals surface area contributed by atoms with E-state index in [4.69, 9.17) is 15.1 Å². The number of carbonyl (C=O) groups is 1. The Kier molecular flexibility index (Phi) is 6.87. The number of benzene rings is 2. The van der Waals surface area contributed by atoms with E-state index in [0.29, 0.717) is 22.9 Å². The van der Waals surface area contributed by atoms with Crippen molar-refractivity contribution >= 4 is 29.2 Å². The molecule has 0 aliphatic heterocycles. The number of thioether (sulfide) groups is 1. The number of ether oxygens (including phenoxy) is 1. The van der Waals surface area contributed by atoms with Crippen molar-refractivity contribution in [2.75, 3.05) is 12.8 Å². The first kappa shape index (κ1) is 23.0. The average molecular weight is 479 g/mol. The van der Waals surface area contributed by atoms with Gasteiger partial charge in [0.1, 0.15) is 5.75 Å². The van der Waals surface area contributed by atoms with Crippen LogP contribution in [0.3, 0.4) is 0 Å². The first-order valence-electron chi connectivity index (χ1n) is 10.2. The number of nitrogen functional groups attached to an aromatic ring is 1. The molecule has 4 aromatic rings. The van der Waals surface area contributed by atoms with Gasteiger partial charge >= 0.3 is 0 Å². The van der Waals surface area contributed by atoms with E-state index in [9.17, 15) is 4.79 Å². The summed E-state index contributed by atoms with van der Waals surface area (Å²) >= 11 is 1.51. The van der Waals surface area contributed by atoms with E-state index in [2.05, 4.69) is 31.2 Å². The normalized spacial score (nSPS) is 11.4. The third kappa shape index (κ3) is 4.91. The number of aromatic nitrogens is 5. The summed E-state index contributed by atoms with van der Waals surface area (Å²) in [5.41, 5.74) is 11.4. The lowest BCUT2D eigenvalue weighted by Crippen LogP contribution is -2.21. The minimum absolute atomic E-state index is 0.0310. The predicted octanol–water partition coefficient (Wildman–Crippen LogP) is 3.00. The summed E-state index contributed by atoms with van der Waals surface area (Å²) in [6.07, 6.45) is 0. The Morgan fingerprint density at radius 1 is 1.21 bits per heavy atom. The lowest BCUT2D eigenvalue weighted by Gasteiger charge is -2.08. The van der Waals surface area contributed by atoms with Crippen LogP contribution in [0.4, 0.5) is 5.82 Å².